The van der Waals surface area contributed by atoms with Gasteiger partial charge >= 0.3 is 6.09 Å². The zero-order valence-electron chi connectivity index (χ0n) is 19.9. The van der Waals surface area contributed by atoms with Gasteiger partial charge in [0.1, 0.15) is 23.7 Å². The average Bonchev–Trinajstić information content (AvgIpc) is 2.77. The molecule has 0 aliphatic heterocycles. The van der Waals surface area contributed by atoms with Crippen molar-refractivity contribution < 1.29 is 19.0 Å². The molecule has 0 aliphatic rings. The van der Waals surface area contributed by atoms with Gasteiger partial charge in [-0.25, -0.2) is 4.79 Å². The molecule has 0 spiro atoms. The highest BCUT2D eigenvalue weighted by Gasteiger charge is 2.19. The van der Waals surface area contributed by atoms with Gasteiger partial charge in [0.25, 0.3) is 0 Å². The minimum absolute atomic E-state index is 0.332. The molecule has 2 rings (SSSR count). The van der Waals surface area contributed by atoms with Gasteiger partial charge in [0, 0.05) is 31.0 Å². The van der Waals surface area contributed by atoms with Crippen molar-refractivity contribution in [3.05, 3.63) is 60.7 Å². The molecular formula is C26H33N3O4. The predicted molar refractivity (Wildman–Crippen MR) is 130 cm³/mol. The summed E-state index contributed by atoms with van der Waals surface area (Å²) in [6.45, 7) is 10.7. The Morgan fingerprint density at radius 1 is 1.09 bits per heavy atom. The topological polar surface area (TPSA) is 83.8 Å². The molecule has 1 amide bonds. The molecule has 0 aromatic heterocycles. The van der Waals surface area contributed by atoms with Crippen molar-refractivity contribution in [1.82, 2.24) is 4.90 Å². The summed E-state index contributed by atoms with van der Waals surface area (Å²) in [6.07, 6.45) is 2.90. The molecule has 0 bridgehead atoms. The highest BCUT2D eigenvalue weighted by molar-refractivity contribution is 5.67. The van der Waals surface area contributed by atoms with E-state index < -0.39 is 5.60 Å². The van der Waals surface area contributed by atoms with Crippen LogP contribution >= 0.6 is 0 Å². The Morgan fingerprint density at radius 3 is 2.45 bits per heavy atom. The number of ether oxygens (including phenoxy) is 3. The number of rotatable bonds is 11. The average molecular weight is 452 g/mol. The standard InChI is InChI=1S/C26H33N3O4/c1-6-14-31-23-11-9-21(10-12-23)28-22-16-20(19-27)17-24(18-22)32-15-8-7-13-29(5)25(30)33-26(2,3)4/h6,9-12,16-18,28H,1,7-8,13-15H2,2-5H3. The first-order chi connectivity index (χ1) is 15.7. The van der Waals surface area contributed by atoms with Crippen molar-refractivity contribution in [2.75, 3.05) is 32.1 Å². The molecule has 0 heterocycles. The number of hydrogen-bond donors (Lipinski definition) is 1. The van der Waals surface area contributed by atoms with Crippen LogP contribution in [0.3, 0.4) is 0 Å². The van der Waals surface area contributed by atoms with Gasteiger partial charge in [-0.05, 0) is 70.0 Å². The van der Waals surface area contributed by atoms with Crippen LogP contribution in [-0.2, 0) is 4.74 Å². The third kappa shape index (κ3) is 9.56. The summed E-state index contributed by atoms with van der Waals surface area (Å²) in [7, 11) is 1.72. The van der Waals surface area contributed by atoms with Crippen LogP contribution in [-0.4, -0.2) is 43.4 Å². The van der Waals surface area contributed by atoms with E-state index in [-0.39, 0.29) is 6.09 Å². The fourth-order valence-electron chi connectivity index (χ4n) is 2.85. The third-order valence-electron chi connectivity index (χ3n) is 4.41. The van der Waals surface area contributed by atoms with Crippen LogP contribution in [0, 0.1) is 11.3 Å². The Morgan fingerprint density at radius 2 is 1.82 bits per heavy atom. The fourth-order valence-corrected chi connectivity index (χ4v) is 2.85. The number of hydrogen-bond acceptors (Lipinski definition) is 6. The second-order valence-corrected chi connectivity index (χ2v) is 8.56. The molecule has 0 unspecified atom stereocenters. The summed E-state index contributed by atoms with van der Waals surface area (Å²) in [6, 6.07) is 15.0. The first-order valence-corrected chi connectivity index (χ1v) is 10.9. The largest absolute Gasteiger partial charge is 0.493 e. The lowest BCUT2D eigenvalue weighted by Crippen LogP contribution is -2.34. The lowest BCUT2D eigenvalue weighted by atomic mass is 10.2. The summed E-state index contributed by atoms with van der Waals surface area (Å²) in [5.41, 5.74) is 1.62. The van der Waals surface area contributed by atoms with Gasteiger partial charge in [-0.3, -0.25) is 0 Å². The smallest absolute Gasteiger partial charge is 0.410 e. The van der Waals surface area contributed by atoms with Gasteiger partial charge in [-0.1, -0.05) is 12.7 Å². The van der Waals surface area contributed by atoms with E-state index in [1.54, 1.807) is 30.2 Å². The maximum absolute atomic E-state index is 12.0. The molecule has 2 aromatic rings. The summed E-state index contributed by atoms with van der Waals surface area (Å²) in [4.78, 5) is 13.6. The van der Waals surface area contributed by atoms with Crippen LogP contribution in [0.4, 0.5) is 16.2 Å². The monoisotopic (exact) mass is 451 g/mol. The first-order valence-electron chi connectivity index (χ1n) is 10.9. The Balaban J connectivity index is 1.86. The number of carbonyl (C=O) groups is 1. The van der Waals surface area contributed by atoms with Gasteiger partial charge < -0.3 is 24.4 Å². The van der Waals surface area contributed by atoms with E-state index in [9.17, 15) is 10.1 Å². The third-order valence-corrected chi connectivity index (χ3v) is 4.41. The summed E-state index contributed by atoms with van der Waals surface area (Å²) >= 11 is 0. The molecular weight excluding hydrogens is 418 g/mol. The van der Waals surface area contributed by atoms with Crippen LogP contribution in [0.1, 0.15) is 39.2 Å². The van der Waals surface area contributed by atoms with Gasteiger partial charge in [-0.15, -0.1) is 0 Å². The molecule has 0 saturated carbocycles. The lowest BCUT2D eigenvalue weighted by Gasteiger charge is -2.24. The summed E-state index contributed by atoms with van der Waals surface area (Å²) in [5.74, 6) is 1.37. The minimum atomic E-state index is -0.507. The number of nitriles is 1. The van der Waals surface area contributed by atoms with E-state index in [0.717, 1.165) is 30.0 Å². The van der Waals surface area contributed by atoms with Crippen LogP contribution < -0.4 is 14.8 Å². The highest BCUT2D eigenvalue weighted by atomic mass is 16.6. The van der Waals surface area contributed by atoms with Gasteiger partial charge in [0.05, 0.1) is 18.2 Å². The van der Waals surface area contributed by atoms with Crippen molar-refractivity contribution in [2.45, 2.75) is 39.2 Å². The predicted octanol–water partition coefficient (Wildman–Crippen LogP) is 5.89. The van der Waals surface area contributed by atoms with E-state index >= 15 is 0 Å². The van der Waals surface area contributed by atoms with E-state index in [1.807, 2.05) is 51.1 Å². The molecule has 33 heavy (non-hydrogen) atoms. The second-order valence-electron chi connectivity index (χ2n) is 8.56. The Bertz CT molecular complexity index is 959. The zero-order valence-corrected chi connectivity index (χ0v) is 19.9. The molecule has 7 nitrogen and oxygen atoms in total. The molecule has 176 valence electrons. The van der Waals surface area contributed by atoms with Gasteiger partial charge in [0.2, 0.25) is 0 Å². The zero-order chi connectivity index (χ0) is 24.3. The molecule has 0 saturated heterocycles. The molecule has 0 fully saturated rings. The normalized spacial score (nSPS) is 10.6. The Kier molecular flexibility index (Phi) is 9.62. The van der Waals surface area contributed by atoms with E-state index in [1.165, 1.54) is 0 Å². The molecule has 0 atom stereocenters. The number of nitrogens with zero attached hydrogens (tertiary/aromatic N) is 2. The van der Waals surface area contributed by atoms with Crippen LogP contribution in [0.25, 0.3) is 0 Å². The van der Waals surface area contributed by atoms with Crippen molar-refractivity contribution >= 4 is 17.5 Å². The minimum Gasteiger partial charge on any atom is -0.493 e. The van der Waals surface area contributed by atoms with Crippen LogP contribution in [0.15, 0.2) is 55.1 Å². The maximum atomic E-state index is 12.0. The second kappa shape index (κ2) is 12.4. The van der Waals surface area contributed by atoms with Crippen LogP contribution in [0.2, 0.25) is 0 Å². The summed E-state index contributed by atoms with van der Waals surface area (Å²) in [5, 5.41) is 12.7. The SMILES string of the molecule is C=CCOc1ccc(Nc2cc(C#N)cc(OCCCCN(C)C(=O)OC(C)(C)C)c2)cc1. The van der Waals surface area contributed by atoms with E-state index in [4.69, 9.17) is 14.2 Å². The first kappa shape index (κ1) is 25.6. The van der Waals surface area contributed by atoms with Crippen molar-refractivity contribution in [3.63, 3.8) is 0 Å². The Labute approximate surface area is 196 Å². The lowest BCUT2D eigenvalue weighted by molar-refractivity contribution is 0.0294. The van der Waals surface area contributed by atoms with E-state index in [2.05, 4.69) is 18.0 Å². The molecule has 1 N–H and O–H groups in total. The number of amides is 1. The quantitative estimate of drug-likeness (QED) is 0.339. The van der Waals surface area contributed by atoms with Crippen molar-refractivity contribution in [2.24, 2.45) is 0 Å². The van der Waals surface area contributed by atoms with Gasteiger partial charge in [0.15, 0.2) is 0 Å². The van der Waals surface area contributed by atoms with Crippen LogP contribution in [0.5, 0.6) is 11.5 Å². The fraction of sp³-hybridized carbons (Fsp3) is 0.385. The summed E-state index contributed by atoms with van der Waals surface area (Å²) < 4.78 is 16.7. The molecule has 0 radical (unpaired) electrons. The van der Waals surface area contributed by atoms with Crippen molar-refractivity contribution in [1.29, 1.82) is 5.26 Å². The molecule has 7 heteroatoms. The number of nitrogens with one attached hydrogen (secondary N) is 1. The number of anilines is 2. The van der Waals surface area contributed by atoms with Crippen molar-refractivity contribution in [3.8, 4) is 17.6 Å². The highest BCUT2D eigenvalue weighted by Crippen LogP contribution is 2.25. The van der Waals surface area contributed by atoms with Gasteiger partial charge in [-0.2, -0.15) is 5.26 Å². The number of carbonyl (C=O) groups excluding carboxylic acids is 1. The van der Waals surface area contributed by atoms with E-state index in [0.29, 0.717) is 31.1 Å². The molecule has 2 aromatic carbocycles. The maximum Gasteiger partial charge on any atom is 0.410 e. The Hall–Kier alpha value is -3.66. The number of unbranched alkanes of at least 4 members (excludes halogenated alkanes) is 1. The number of benzene rings is 2. The molecule has 0 aliphatic carbocycles.